The van der Waals surface area contributed by atoms with Crippen molar-refractivity contribution in [2.75, 3.05) is 26.2 Å². The Morgan fingerprint density at radius 1 is 1.33 bits per heavy atom. The van der Waals surface area contributed by atoms with Gasteiger partial charge in [0.1, 0.15) is 5.60 Å². The van der Waals surface area contributed by atoms with Crippen LogP contribution in [0.3, 0.4) is 0 Å². The summed E-state index contributed by atoms with van der Waals surface area (Å²) in [5.41, 5.74) is -0.372. The zero-order valence-corrected chi connectivity index (χ0v) is 12.3. The molecule has 18 heavy (non-hydrogen) atoms. The van der Waals surface area contributed by atoms with Crippen molar-refractivity contribution in [2.24, 2.45) is 0 Å². The molecule has 0 atom stereocenters. The summed E-state index contributed by atoms with van der Waals surface area (Å²) < 4.78 is 5.34. The van der Waals surface area contributed by atoms with E-state index in [1.54, 1.807) is 0 Å². The van der Waals surface area contributed by atoms with Gasteiger partial charge in [-0.15, -0.1) is 0 Å². The van der Waals surface area contributed by atoms with Gasteiger partial charge in [-0.25, -0.2) is 0 Å². The summed E-state index contributed by atoms with van der Waals surface area (Å²) in [5, 5.41) is 3.37. The highest BCUT2D eigenvalue weighted by Crippen LogP contribution is 2.13. The normalized spacial score (nSPS) is 18.1. The van der Waals surface area contributed by atoms with E-state index in [0.29, 0.717) is 12.5 Å². The van der Waals surface area contributed by atoms with Gasteiger partial charge in [0.05, 0.1) is 6.42 Å². The Labute approximate surface area is 111 Å². The first-order valence-electron chi connectivity index (χ1n) is 7.09. The van der Waals surface area contributed by atoms with Crippen LogP contribution in [0.4, 0.5) is 0 Å². The smallest absolute Gasteiger partial charge is 0.307 e. The lowest BCUT2D eigenvalue weighted by Gasteiger charge is -2.33. The minimum atomic E-state index is -0.372. The van der Waals surface area contributed by atoms with E-state index >= 15 is 0 Å². The molecule has 1 saturated heterocycles. The summed E-state index contributed by atoms with van der Waals surface area (Å²) in [5.74, 6) is -0.0881. The summed E-state index contributed by atoms with van der Waals surface area (Å²) >= 11 is 0. The van der Waals surface area contributed by atoms with Crippen LogP contribution in [0, 0.1) is 0 Å². The van der Waals surface area contributed by atoms with Crippen LogP contribution >= 0.6 is 0 Å². The maximum atomic E-state index is 11.7. The highest BCUT2D eigenvalue weighted by molar-refractivity contribution is 5.70. The number of rotatable bonds is 5. The molecule has 0 aromatic rings. The van der Waals surface area contributed by atoms with Gasteiger partial charge in [-0.05, 0) is 53.2 Å². The number of hydrogen-bond donors (Lipinski definition) is 1. The number of esters is 1. The Balaban J connectivity index is 2.32. The average molecular weight is 256 g/mol. The molecule has 0 spiro atoms. The molecule has 0 aromatic carbocycles. The Kier molecular flexibility index (Phi) is 6.09. The summed E-state index contributed by atoms with van der Waals surface area (Å²) in [6.45, 7) is 11.9. The molecule has 0 saturated carbocycles. The van der Waals surface area contributed by atoms with Gasteiger partial charge in [-0.3, -0.25) is 9.69 Å². The van der Waals surface area contributed by atoms with Gasteiger partial charge >= 0.3 is 5.97 Å². The third-order valence-electron chi connectivity index (χ3n) is 3.25. The molecule has 4 heteroatoms. The molecule has 0 aromatic heterocycles. The van der Waals surface area contributed by atoms with Crippen molar-refractivity contribution in [3.8, 4) is 0 Å². The molecular formula is C14H28N2O2. The van der Waals surface area contributed by atoms with E-state index in [-0.39, 0.29) is 11.6 Å². The monoisotopic (exact) mass is 256 g/mol. The first-order chi connectivity index (χ1) is 8.42. The standard InChI is InChI=1S/C14H28N2O2/c1-5-16(12-6-9-15-10-7-12)11-8-13(17)18-14(2,3)4/h12,15H,5-11H2,1-4H3. The van der Waals surface area contributed by atoms with Crippen molar-refractivity contribution in [3.63, 3.8) is 0 Å². The van der Waals surface area contributed by atoms with E-state index in [2.05, 4.69) is 17.1 Å². The van der Waals surface area contributed by atoms with Crippen molar-refractivity contribution >= 4 is 5.97 Å². The zero-order chi connectivity index (χ0) is 13.6. The molecule has 1 N–H and O–H groups in total. The Bertz CT molecular complexity index is 255. The Morgan fingerprint density at radius 3 is 2.44 bits per heavy atom. The third kappa shape index (κ3) is 5.83. The topological polar surface area (TPSA) is 41.6 Å². The molecule has 1 fully saturated rings. The zero-order valence-electron chi connectivity index (χ0n) is 12.3. The van der Waals surface area contributed by atoms with Crippen LogP contribution in [0.15, 0.2) is 0 Å². The quantitative estimate of drug-likeness (QED) is 0.762. The van der Waals surface area contributed by atoms with Crippen molar-refractivity contribution in [1.82, 2.24) is 10.2 Å². The molecule has 1 aliphatic rings. The largest absolute Gasteiger partial charge is 0.460 e. The number of carbonyl (C=O) groups excluding carboxylic acids is 1. The lowest BCUT2D eigenvalue weighted by Crippen LogP contribution is -2.44. The summed E-state index contributed by atoms with van der Waals surface area (Å²) in [7, 11) is 0. The molecule has 0 unspecified atom stereocenters. The number of nitrogens with zero attached hydrogens (tertiary/aromatic N) is 1. The minimum absolute atomic E-state index is 0.0881. The second-order valence-corrected chi connectivity index (χ2v) is 5.95. The molecule has 1 rings (SSSR count). The summed E-state index contributed by atoms with van der Waals surface area (Å²) in [4.78, 5) is 14.1. The van der Waals surface area contributed by atoms with E-state index in [4.69, 9.17) is 4.74 Å². The van der Waals surface area contributed by atoms with Crippen LogP contribution in [-0.2, 0) is 9.53 Å². The van der Waals surface area contributed by atoms with Gasteiger partial charge in [0.15, 0.2) is 0 Å². The lowest BCUT2D eigenvalue weighted by atomic mass is 10.0. The van der Waals surface area contributed by atoms with Crippen LogP contribution in [0.5, 0.6) is 0 Å². The second kappa shape index (κ2) is 7.10. The van der Waals surface area contributed by atoms with Crippen molar-refractivity contribution in [3.05, 3.63) is 0 Å². The minimum Gasteiger partial charge on any atom is -0.460 e. The fourth-order valence-corrected chi connectivity index (χ4v) is 2.40. The van der Waals surface area contributed by atoms with Crippen LogP contribution < -0.4 is 5.32 Å². The lowest BCUT2D eigenvalue weighted by molar-refractivity contribution is -0.155. The van der Waals surface area contributed by atoms with Crippen molar-refractivity contribution in [1.29, 1.82) is 0 Å². The van der Waals surface area contributed by atoms with Crippen LogP contribution in [0.2, 0.25) is 0 Å². The van der Waals surface area contributed by atoms with Gasteiger partial charge in [-0.2, -0.15) is 0 Å². The van der Waals surface area contributed by atoms with Gasteiger partial charge < -0.3 is 10.1 Å². The van der Waals surface area contributed by atoms with Crippen LogP contribution in [-0.4, -0.2) is 48.7 Å². The fourth-order valence-electron chi connectivity index (χ4n) is 2.40. The molecule has 0 aliphatic carbocycles. The number of piperidine rings is 1. The van der Waals surface area contributed by atoms with Crippen LogP contribution in [0.25, 0.3) is 0 Å². The SMILES string of the molecule is CCN(CCC(=O)OC(C)(C)C)C1CCNCC1. The predicted molar refractivity (Wildman–Crippen MR) is 73.6 cm³/mol. The molecule has 0 radical (unpaired) electrons. The van der Waals surface area contributed by atoms with Gasteiger partial charge in [-0.1, -0.05) is 6.92 Å². The van der Waals surface area contributed by atoms with E-state index in [9.17, 15) is 4.79 Å². The second-order valence-electron chi connectivity index (χ2n) is 5.95. The van der Waals surface area contributed by atoms with Crippen molar-refractivity contribution < 1.29 is 9.53 Å². The predicted octanol–water partition coefficient (Wildman–Crippen LogP) is 1.79. The molecule has 1 heterocycles. The summed E-state index contributed by atoms with van der Waals surface area (Å²) in [6.07, 6.45) is 2.86. The maximum Gasteiger partial charge on any atom is 0.307 e. The van der Waals surface area contributed by atoms with Gasteiger partial charge in [0, 0.05) is 12.6 Å². The highest BCUT2D eigenvalue weighted by atomic mass is 16.6. The highest BCUT2D eigenvalue weighted by Gasteiger charge is 2.21. The number of carbonyl (C=O) groups is 1. The molecule has 1 aliphatic heterocycles. The first-order valence-corrected chi connectivity index (χ1v) is 7.09. The molecular weight excluding hydrogens is 228 g/mol. The van der Waals surface area contributed by atoms with E-state index < -0.39 is 0 Å². The van der Waals surface area contributed by atoms with Gasteiger partial charge in [0.25, 0.3) is 0 Å². The van der Waals surface area contributed by atoms with Crippen LogP contribution in [0.1, 0.15) is 47.0 Å². The van der Waals surface area contributed by atoms with E-state index in [1.165, 1.54) is 12.8 Å². The van der Waals surface area contributed by atoms with Crippen molar-refractivity contribution in [2.45, 2.75) is 58.6 Å². The number of ether oxygens (including phenoxy) is 1. The molecule has 4 nitrogen and oxygen atoms in total. The number of nitrogens with one attached hydrogen (secondary N) is 1. The average Bonchev–Trinajstić information content (AvgIpc) is 2.29. The van der Waals surface area contributed by atoms with E-state index in [0.717, 1.165) is 26.2 Å². The molecule has 0 amide bonds. The fraction of sp³-hybridized carbons (Fsp3) is 0.929. The summed E-state index contributed by atoms with van der Waals surface area (Å²) in [6, 6.07) is 0.624. The first kappa shape index (κ1) is 15.4. The molecule has 106 valence electrons. The maximum absolute atomic E-state index is 11.7. The van der Waals surface area contributed by atoms with Gasteiger partial charge in [0.2, 0.25) is 0 Å². The Hall–Kier alpha value is -0.610. The molecule has 0 bridgehead atoms. The Morgan fingerprint density at radius 2 is 1.94 bits per heavy atom. The van der Waals surface area contributed by atoms with E-state index in [1.807, 2.05) is 20.8 Å². The third-order valence-corrected chi connectivity index (χ3v) is 3.25. The number of hydrogen-bond acceptors (Lipinski definition) is 4.